The molecule has 136 valence electrons. The Morgan fingerprint density at radius 3 is 2.50 bits per heavy atom. The molecule has 1 fully saturated rings. The maximum atomic E-state index is 12.5. The molecule has 2 aromatic rings. The van der Waals surface area contributed by atoms with E-state index in [1.165, 1.54) is 7.11 Å². The molecule has 0 unspecified atom stereocenters. The third-order valence-electron chi connectivity index (χ3n) is 4.12. The quantitative estimate of drug-likeness (QED) is 0.621. The summed E-state index contributed by atoms with van der Waals surface area (Å²) in [5.41, 5.74) is 5.94. The number of aryl methyl sites for hydroxylation is 2. The van der Waals surface area contributed by atoms with Gasteiger partial charge in [0.05, 0.1) is 24.8 Å². The molecule has 0 saturated carbocycles. The fraction of sp³-hybridized carbons (Fsp3) is 0.278. The molecule has 0 radical (unpaired) electrons. The number of nitrogens with one attached hydrogen (secondary N) is 2. The zero-order valence-corrected chi connectivity index (χ0v) is 14.7. The minimum Gasteiger partial charge on any atom is -0.497 e. The molecule has 1 aromatic heterocycles. The van der Waals surface area contributed by atoms with Crippen molar-refractivity contribution in [3.8, 4) is 5.75 Å². The van der Waals surface area contributed by atoms with E-state index in [4.69, 9.17) is 9.15 Å². The lowest BCUT2D eigenvalue weighted by molar-refractivity contribution is -0.121. The normalized spacial score (nSPS) is 16.9. The molecule has 3 amide bonds. The highest BCUT2D eigenvalue weighted by molar-refractivity contribution is 6.22. The van der Waals surface area contributed by atoms with E-state index in [0.29, 0.717) is 28.5 Å². The Bertz CT molecular complexity index is 856. The number of methoxy groups -OCH3 is 1. The highest BCUT2D eigenvalue weighted by Crippen LogP contribution is 2.25. The van der Waals surface area contributed by atoms with Crippen molar-refractivity contribution in [2.24, 2.45) is 0 Å². The van der Waals surface area contributed by atoms with Gasteiger partial charge in [-0.2, -0.15) is 0 Å². The van der Waals surface area contributed by atoms with E-state index in [-0.39, 0.29) is 12.3 Å². The summed E-state index contributed by atoms with van der Waals surface area (Å²) in [5, 5.41) is 0. The van der Waals surface area contributed by atoms with Crippen LogP contribution in [0.5, 0.6) is 5.75 Å². The van der Waals surface area contributed by atoms with E-state index < -0.39 is 17.9 Å². The maximum absolute atomic E-state index is 12.5. The zero-order chi connectivity index (χ0) is 18.8. The number of nitrogens with zero attached hydrogens (tertiary/aromatic N) is 1. The summed E-state index contributed by atoms with van der Waals surface area (Å²) in [7, 11) is 1.53. The van der Waals surface area contributed by atoms with E-state index in [1.54, 1.807) is 44.2 Å². The number of furan rings is 1. The van der Waals surface area contributed by atoms with Gasteiger partial charge in [-0.15, -0.1) is 0 Å². The topological polar surface area (TPSA) is 101 Å². The molecule has 1 aliphatic heterocycles. The molecular weight excluding hydrogens is 338 g/mol. The van der Waals surface area contributed by atoms with Gasteiger partial charge in [-0.1, -0.05) is 0 Å². The van der Waals surface area contributed by atoms with Crippen LogP contribution in [0.2, 0.25) is 0 Å². The summed E-state index contributed by atoms with van der Waals surface area (Å²) >= 11 is 0. The second-order valence-electron chi connectivity index (χ2n) is 5.95. The fourth-order valence-corrected chi connectivity index (χ4v) is 2.82. The molecule has 1 atom stereocenters. The predicted molar refractivity (Wildman–Crippen MR) is 92.7 cm³/mol. The van der Waals surface area contributed by atoms with E-state index in [0.717, 1.165) is 4.90 Å². The number of amides is 3. The van der Waals surface area contributed by atoms with Crippen LogP contribution in [0.25, 0.3) is 0 Å². The molecule has 1 saturated heterocycles. The largest absolute Gasteiger partial charge is 0.497 e. The molecule has 0 aliphatic carbocycles. The van der Waals surface area contributed by atoms with Crippen LogP contribution in [-0.4, -0.2) is 30.9 Å². The van der Waals surface area contributed by atoms with Crippen molar-refractivity contribution >= 4 is 23.4 Å². The lowest BCUT2D eigenvalue weighted by atomic mass is 10.2. The highest BCUT2D eigenvalue weighted by Gasteiger charge is 2.39. The van der Waals surface area contributed by atoms with Crippen molar-refractivity contribution in [1.29, 1.82) is 0 Å². The zero-order valence-electron chi connectivity index (χ0n) is 14.7. The third-order valence-corrected chi connectivity index (χ3v) is 4.12. The van der Waals surface area contributed by atoms with Gasteiger partial charge in [-0.3, -0.25) is 19.8 Å². The van der Waals surface area contributed by atoms with Gasteiger partial charge in [0.1, 0.15) is 23.3 Å². The summed E-state index contributed by atoms with van der Waals surface area (Å²) in [5.74, 6) is 0.520. The first-order valence-corrected chi connectivity index (χ1v) is 8.04. The number of carbonyl (C=O) groups is 3. The SMILES string of the molecule is COc1ccc(N2C(=O)C[C@H](NNC(=O)c3cc(C)oc3C)C2=O)cc1. The van der Waals surface area contributed by atoms with Gasteiger partial charge < -0.3 is 9.15 Å². The lowest BCUT2D eigenvalue weighted by Crippen LogP contribution is -2.48. The average molecular weight is 357 g/mol. The van der Waals surface area contributed by atoms with Crippen LogP contribution in [0.15, 0.2) is 34.7 Å². The molecule has 3 rings (SSSR count). The minimum absolute atomic E-state index is 0.0471. The molecule has 0 bridgehead atoms. The Hall–Kier alpha value is -3.13. The molecule has 1 aromatic carbocycles. The predicted octanol–water partition coefficient (Wildman–Crippen LogP) is 1.47. The monoisotopic (exact) mass is 357 g/mol. The highest BCUT2D eigenvalue weighted by atomic mass is 16.5. The van der Waals surface area contributed by atoms with Crippen LogP contribution in [0.1, 0.15) is 28.3 Å². The lowest BCUT2D eigenvalue weighted by Gasteiger charge is -2.16. The number of rotatable bonds is 5. The number of imide groups is 1. The molecule has 2 heterocycles. The number of ether oxygens (including phenoxy) is 1. The van der Waals surface area contributed by atoms with Crippen molar-refractivity contribution in [3.63, 3.8) is 0 Å². The first-order chi connectivity index (χ1) is 12.4. The van der Waals surface area contributed by atoms with E-state index in [1.807, 2.05) is 0 Å². The minimum atomic E-state index is -0.832. The number of anilines is 1. The Balaban J connectivity index is 1.66. The number of hydrazine groups is 1. The Morgan fingerprint density at radius 1 is 1.23 bits per heavy atom. The molecule has 1 aliphatic rings. The Kier molecular flexibility index (Phi) is 4.77. The van der Waals surface area contributed by atoms with Crippen molar-refractivity contribution < 1.29 is 23.5 Å². The van der Waals surface area contributed by atoms with Crippen LogP contribution < -0.4 is 20.5 Å². The van der Waals surface area contributed by atoms with Crippen molar-refractivity contribution in [3.05, 3.63) is 47.4 Å². The van der Waals surface area contributed by atoms with Crippen molar-refractivity contribution in [2.45, 2.75) is 26.3 Å². The molecule has 8 nitrogen and oxygen atoms in total. The maximum Gasteiger partial charge on any atom is 0.268 e. The molecule has 8 heteroatoms. The van der Waals surface area contributed by atoms with Crippen LogP contribution in [-0.2, 0) is 9.59 Å². The molecular formula is C18H19N3O5. The first kappa shape index (κ1) is 17.7. The van der Waals surface area contributed by atoms with Crippen molar-refractivity contribution in [2.75, 3.05) is 12.0 Å². The molecule has 0 spiro atoms. The number of hydrogen-bond acceptors (Lipinski definition) is 6. The smallest absolute Gasteiger partial charge is 0.268 e. The number of benzene rings is 1. The summed E-state index contributed by atoms with van der Waals surface area (Å²) in [6, 6.07) is 7.38. The van der Waals surface area contributed by atoms with Crippen LogP contribution in [0.4, 0.5) is 5.69 Å². The van der Waals surface area contributed by atoms with Gasteiger partial charge in [0, 0.05) is 0 Å². The second kappa shape index (κ2) is 7.01. The Morgan fingerprint density at radius 2 is 1.92 bits per heavy atom. The second-order valence-corrected chi connectivity index (χ2v) is 5.95. The average Bonchev–Trinajstić information content (AvgIpc) is 3.11. The first-order valence-electron chi connectivity index (χ1n) is 8.04. The van der Waals surface area contributed by atoms with E-state index in [2.05, 4.69) is 10.9 Å². The van der Waals surface area contributed by atoms with E-state index >= 15 is 0 Å². The van der Waals surface area contributed by atoms with Gasteiger partial charge in [-0.05, 0) is 44.2 Å². The van der Waals surface area contributed by atoms with Crippen LogP contribution in [0.3, 0.4) is 0 Å². The summed E-state index contributed by atoms with van der Waals surface area (Å²) in [6.07, 6.45) is -0.0471. The standard InChI is InChI=1S/C18H19N3O5/c1-10-8-14(11(2)26-10)17(23)20-19-15-9-16(22)21(18(15)24)12-4-6-13(25-3)7-5-12/h4-8,15,19H,9H2,1-3H3,(H,20,23)/t15-/m0/s1. The number of hydrogen-bond donors (Lipinski definition) is 2. The summed E-state index contributed by atoms with van der Waals surface area (Å²) < 4.78 is 10.4. The van der Waals surface area contributed by atoms with Gasteiger partial charge in [0.15, 0.2) is 0 Å². The summed E-state index contributed by atoms with van der Waals surface area (Å²) in [6.45, 7) is 3.42. The van der Waals surface area contributed by atoms with Crippen molar-refractivity contribution in [1.82, 2.24) is 10.9 Å². The molecule has 2 N–H and O–H groups in total. The van der Waals surface area contributed by atoms with Gasteiger partial charge >= 0.3 is 0 Å². The fourth-order valence-electron chi connectivity index (χ4n) is 2.82. The van der Waals surface area contributed by atoms with Crippen LogP contribution in [0, 0.1) is 13.8 Å². The Labute approximate surface area is 150 Å². The van der Waals surface area contributed by atoms with Gasteiger partial charge in [0.25, 0.3) is 11.8 Å². The summed E-state index contributed by atoms with van der Waals surface area (Å²) in [4.78, 5) is 38.0. The third kappa shape index (κ3) is 3.31. The van der Waals surface area contributed by atoms with Crippen LogP contribution >= 0.6 is 0 Å². The molecule has 26 heavy (non-hydrogen) atoms. The number of carbonyl (C=O) groups excluding carboxylic acids is 3. The van der Waals surface area contributed by atoms with Gasteiger partial charge in [-0.25, -0.2) is 10.3 Å². The van der Waals surface area contributed by atoms with Gasteiger partial charge in [0.2, 0.25) is 5.91 Å². The van der Waals surface area contributed by atoms with E-state index in [9.17, 15) is 14.4 Å².